The van der Waals surface area contributed by atoms with Crippen LogP contribution in [0.1, 0.15) is 23.2 Å². The number of aromatic carboxylic acids is 1. The van der Waals surface area contributed by atoms with Crippen molar-refractivity contribution in [3.63, 3.8) is 0 Å². The van der Waals surface area contributed by atoms with Crippen molar-refractivity contribution in [1.82, 2.24) is 0 Å². The molecule has 8 heteroatoms. The number of carbonyl (C=O) groups is 1. The Labute approximate surface area is 104 Å². The van der Waals surface area contributed by atoms with Crippen LogP contribution in [0.25, 0.3) is 0 Å². The van der Waals surface area contributed by atoms with Crippen LogP contribution in [0, 0.1) is 11.6 Å². The molecular formula is C11H8F5NO2. The van der Waals surface area contributed by atoms with Crippen LogP contribution in [0.15, 0.2) is 12.1 Å². The van der Waals surface area contributed by atoms with Crippen molar-refractivity contribution in [2.75, 3.05) is 5.32 Å². The van der Waals surface area contributed by atoms with E-state index < -0.39 is 40.6 Å². The van der Waals surface area contributed by atoms with Crippen molar-refractivity contribution >= 4 is 11.7 Å². The van der Waals surface area contributed by atoms with Crippen LogP contribution in [0.4, 0.5) is 27.6 Å². The molecule has 1 fully saturated rings. The molecule has 0 amide bonds. The highest BCUT2D eigenvalue weighted by molar-refractivity contribution is 5.88. The first-order valence-corrected chi connectivity index (χ1v) is 5.23. The van der Waals surface area contributed by atoms with E-state index in [0.29, 0.717) is 12.1 Å². The summed E-state index contributed by atoms with van der Waals surface area (Å²) >= 11 is 0. The lowest BCUT2D eigenvalue weighted by atomic mass is 10.1. The summed E-state index contributed by atoms with van der Waals surface area (Å²) in [5.41, 5.74) is -3.95. The third-order valence-electron chi connectivity index (χ3n) is 2.95. The van der Waals surface area contributed by atoms with Crippen molar-refractivity contribution in [3.05, 3.63) is 29.3 Å². The largest absolute Gasteiger partial charge is 0.478 e. The zero-order valence-electron chi connectivity index (χ0n) is 9.31. The lowest BCUT2D eigenvalue weighted by Crippen LogP contribution is -2.39. The third kappa shape index (κ3) is 2.34. The van der Waals surface area contributed by atoms with Crippen molar-refractivity contribution < 1.29 is 31.9 Å². The standard InChI is InChI=1S/C11H8F5NO2/c12-6-3-5(9(18)19)4-7(13)8(6)17-10(1-2-10)11(14,15)16/h3-4,17H,1-2H2,(H,18,19). The molecule has 0 heterocycles. The van der Waals surface area contributed by atoms with Gasteiger partial charge in [-0.25, -0.2) is 13.6 Å². The van der Waals surface area contributed by atoms with Crippen LogP contribution in [0.3, 0.4) is 0 Å². The number of hydrogen-bond donors (Lipinski definition) is 2. The van der Waals surface area contributed by atoms with Crippen LogP contribution in [0.5, 0.6) is 0 Å². The Morgan fingerprint density at radius 2 is 1.68 bits per heavy atom. The maximum absolute atomic E-state index is 13.5. The summed E-state index contributed by atoms with van der Waals surface area (Å²) in [6.07, 6.45) is -5.19. The highest BCUT2D eigenvalue weighted by Gasteiger charge is 2.64. The normalized spacial score (nSPS) is 17.1. The van der Waals surface area contributed by atoms with Gasteiger partial charge in [0, 0.05) is 0 Å². The summed E-state index contributed by atoms with van der Waals surface area (Å²) in [5, 5.41) is 10.4. The van der Waals surface area contributed by atoms with Gasteiger partial charge in [0.1, 0.15) is 22.9 Å². The molecule has 2 N–H and O–H groups in total. The summed E-state index contributed by atoms with van der Waals surface area (Å²) < 4.78 is 64.9. The van der Waals surface area contributed by atoms with E-state index in [-0.39, 0.29) is 12.8 Å². The van der Waals surface area contributed by atoms with Crippen molar-refractivity contribution in [2.45, 2.75) is 24.6 Å². The quantitative estimate of drug-likeness (QED) is 0.837. The maximum atomic E-state index is 13.5. The molecule has 0 aliphatic heterocycles. The first-order valence-electron chi connectivity index (χ1n) is 5.23. The van der Waals surface area contributed by atoms with Gasteiger partial charge in [-0.3, -0.25) is 0 Å². The van der Waals surface area contributed by atoms with E-state index >= 15 is 0 Å². The molecule has 1 aliphatic carbocycles. The van der Waals surface area contributed by atoms with E-state index in [1.54, 1.807) is 5.32 Å². The number of anilines is 1. The third-order valence-corrected chi connectivity index (χ3v) is 2.95. The molecule has 104 valence electrons. The summed E-state index contributed by atoms with van der Waals surface area (Å²) in [5.74, 6) is -4.30. The number of rotatable bonds is 3. The molecule has 1 saturated carbocycles. The summed E-state index contributed by atoms with van der Waals surface area (Å²) in [7, 11) is 0. The zero-order valence-corrected chi connectivity index (χ0v) is 9.31. The Balaban J connectivity index is 2.35. The van der Waals surface area contributed by atoms with Gasteiger partial charge in [-0.15, -0.1) is 0 Å². The van der Waals surface area contributed by atoms with Crippen molar-refractivity contribution in [3.8, 4) is 0 Å². The molecule has 0 saturated heterocycles. The number of hydrogen-bond acceptors (Lipinski definition) is 2. The minimum Gasteiger partial charge on any atom is -0.478 e. The number of halogens is 5. The molecule has 1 aliphatic rings. The highest BCUT2D eigenvalue weighted by atomic mass is 19.4. The second-order valence-corrected chi connectivity index (χ2v) is 4.32. The fraction of sp³-hybridized carbons (Fsp3) is 0.364. The van der Waals surface area contributed by atoms with Gasteiger partial charge < -0.3 is 10.4 Å². The molecule has 2 rings (SSSR count). The van der Waals surface area contributed by atoms with E-state index in [4.69, 9.17) is 5.11 Å². The average molecular weight is 281 g/mol. The molecular weight excluding hydrogens is 273 g/mol. The Hall–Kier alpha value is -1.86. The molecule has 1 aromatic rings. The van der Waals surface area contributed by atoms with Crippen LogP contribution < -0.4 is 5.32 Å². The summed E-state index contributed by atoms with van der Waals surface area (Å²) in [6, 6.07) is 0.945. The molecule has 0 spiro atoms. The molecule has 3 nitrogen and oxygen atoms in total. The van der Waals surface area contributed by atoms with E-state index in [1.807, 2.05) is 0 Å². The van der Waals surface area contributed by atoms with Crippen LogP contribution >= 0.6 is 0 Å². The monoisotopic (exact) mass is 281 g/mol. The van der Waals surface area contributed by atoms with E-state index in [1.165, 1.54) is 0 Å². The number of carboxylic acids is 1. The Kier molecular flexibility index (Phi) is 2.91. The first kappa shape index (κ1) is 13.6. The lowest BCUT2D eigenvalue weighted by molar-refractivity contribution is -0.151. The highest BCUT2D eigenvalue weighted by Crippen LogP contribution is 2.51. The van der Waals surface area contributed by atoms with Crippen molar-refractivity contribution in [1.29, 1.82) is 0 Å². The van der Waals surface area contributed by atoms with E-state index in [0.717, 1.165) is 0 Å². The topological polar surface area (TPSA) is 49.3 Å². The van der Waals surface area contributed by atoms with Gasteiger partial charge in [-0.05, 0) is 25.0 Å². The van der Waals surface area contributed by atoms with Gasteiger partial charge in [-0.1, -0.05) is 0 Å². The fourth-order valence-corrected chi connectivity index (χ4v) is 1.66. The first-order chi connectivity index (χ1) is 8.66. The number of nitrogens with one attached hydrogen (secondary N) is 1. The Morgan fingerprint density at radius 1 is 1.21 bits per heavy atom. The predicted octanol–water partition coefficient (Wildman–Crippen LogP) is 3.17. The summed E-state index contributed by atoms with van der Waals surface area (Å²) in [4.78, 5) is 10.5. The van der Waals surface area contributed by atoms with Gasteiger partial charge in [0.15, 0.2) is 0 Å². The van der Waals surface area contributed by atoms with Gasteiger partial charge in [0.25, 0.3) is 0 Å². The second-order valence-electron chi connectivity index (χ2n) is 4.32. The molecule has 0 unspecified atom stereocenters. The average Bonchev–Trinajstić information content (AvgIpc) is 3.03. The number of carboxylic acid groups (broad SMARTS) is 1. The molecule has 1 aromatic carbocycles. The number of alkyl halides is 3. The SMILES string of the molecule is O=C(O)c1cc(F)c(NC2(C(F)(F)F)CC2)c(F)c1. The Morgan fingerprint density at radius 3 is 2.00 bits per heavy atom. The molecule has 0 atom stereocenters. The Bertz CT molecular complexity index is 513. The van der Waals surface area contributed by atoms with Crippen LogP contribution in [-0.4, -0.2) is 22.8 Å². The van der Waals surface area contributed by atoms with Gasteiger partial charge in [0.2, 0.25) is 0 Å². The zero-order chi connectivity index (χ0) is 14.4. The smallest absolute Gasteiger partial charge is 0.411 e. The van der Waals surface area contributed by atoms with E-state index in [2.05, 4.69) is 0 Å². The lowest BCUT2D eigenvalue weighted by Gasteiger charge is -2.22. The predicted molar refractivity (Wildman–Crippen MR) is 55.0 cm³/mol. The molecule has 0 aromatic heterocycles. The van der Waals surface area contributed by atoms with Crippen LogP contribution in [0.2, 0.25) is 0 Å². The number of benzene rings is 1. The van der Waals surface area contributed by atoms with Crippen LogP contribution in [-0.2, 0) is 0 Å². The van der Waals surface area contributed by atoms with Gasteiger partial charge >= 0.3 is 12.1 Å². The minimum absolute atomic E-state index is 0.282. The fourth-order valence-electron chi connectivity index (χ4n) is 1.66. The summed E-state index contributed by atoms with van der Waals surface area (Å²) in [6.45, 7) is 0. The van der Waals surface area contributed by atoms with Crippen molar-refractivity contribution in [2.24, 2.45) is 0 Å². The van der Waals surface area contributed by atoms with Gasteiger partial charge in [-0.2, -0.15) is 13.2 Å². The molecule has 0 radical (unpaired) electrons. The second kappa shape index (κ2) is 4.07. The minimum atomic E-state index is -4.63. The maximum Gasteiger partial charge on any atom is 0.411 e. The van der Waals surface area contributed by atoms with Gasteiger partial charge in [0.05, 0.1) is 5.56 Å². The van der Waals surface area contributed by atoms with E-state index in [9.17, 15) is 26.7 Å². The molecule has 0 bridgehead atoms. The molecule has 19 heavy (non-hydrogen) atoms.